The van der Waals surface area contributed by atoms with Crippen LogP contribution in [0.15, 0.2) is 0 Å². The molecule has 11 heavy (non-hydrogen) atoms. The van der Waals surface area contributed by atoms with E-state index < -0.39 is 18.0 Å². The molecule has 0 spiro atoms. The van der Waals surface area contributed by atoms with E-state index in [2.05, 4.69) is 0 Å². The molecule has 3 nitrogen and oxygen atoms in total. The van der Waals surface area contributed by atoms with Gasteiger partial charge < -0.3 is 10.2 Å². The Bertz CT molecular complexity index is 123. The highest BCUT2D eigenvalue weighted by Crippen LogP contribution is 2.10. The van der Waals surface area contributed by atoms with Gasteiger partial charge in [0.2, 0.25) is 0 Å². The molecule has 0 rings (SSSR count). The standard InChI is InChI=1S/C8H16O3/c1-3-4-5-7(9)6(2)8(10)11/h6-7,9H,3-5H2,1-2H3,(H,10,11)/t6-,7-/m0/s1. The van der Waals surface area contributed by atoms with Crippen LogP contribution >= 0.6 is 0 Å². The number of hydrogen-bond donors (Lipinski definition) is 2. The predicted octanol–water partition coefficient (Wildman–Crippen LogP) is 1.26. The van der Waals surface area contributed by atoms with Gasteiger partial charge in [0, 0.05) is 0 Å². The molecule has 0 radical (unpaired) electrons. The highest BCUT2D eigenvalue weighted by atomic mass is 16.4. The van der Waals surface area contributed by atoms with Crippen molar-refractivity contribution in [3.8, 4) is 0 Å². The second-order valence-corrected chi connectivity index (χ2v) is 2.84. The van der Waals surface area contributed by atoms with Gasteiger partial charge in [0.15, 0.2) is 0 Å². The lowest BCUT2D eigenvalue weighted by atomic mass is 10.0. The van der Waals surface area contributed by atoms with Crippen LogP contribution in [0.4, 0.5) is 0 Å². The van der Waals surface area contributed by atoms with Gasteiger partial charge >= 0.3 is 5.97 Å². The molecule has 0 aromatic carbocycles. The lowest BCUT2D eigenvalue weighted by Crippen LogP contribution is -2.25. The van der Waals surface area contributed by atoms with Crippen molar-refractivity contribution in [3.05, 3.63) is 0 Å². The van der Waals surface area contributed by atoms with Crippen molar-refractivity contribution in [3.63, 3.8) is 0 Å². The second kappa shape index (κ2) is 5.13. The van der Waals surface area contributed by atoms with Crippen LogP contribution < -0.4 is 0 Å². The fourth-order valence-corrected chi connectivity index (χ4v) is 0.828. The van der Waals surface area contributed by atoms with E-state index in [0.717, 1.165) is 12.8 Å². The number of unbranched alkanes of at least 4 members (excludes halogenated alkanes) is 1. The molecule has 0 aliphatic carbocycles. The summed E-state index contributed by atoms with van der Waals surface area (Å²) in [5, 5.41) is 17.7. The third-order valence-corrected chi connectivity index (χ3v) is 1.82. The number of aliphatic carboxylic acids is 1. The molecule has 0 aliphatic rings. The molecule has 0 aromatic heterocycles. The van der Waals surface area contributed by atoms with Gasteiger partial charge in [0.05, 0.1) is 12.0 Å². The van der Waals surface area contributed by atoms with Crippen molar-refractivity contribution in [2.45, 2.75) is 39.2 Å². The average molecular weight is 160 g/mol. The number of carboxylic acids is 1. The van der Waals surface area contributed by atoms with Gasteiger partial charge in [-0.05, 0) is 13.3 Å². The second-order valence-electron chi connectivity index (χ2n) is 2.84. The molecule has 0 heterocycles. The van der Waals surface area contributed by atoms with Gasteiger partial charge in [-0.3, -0.25) is 4.79 Å². The summed E-state index contributed by atoms with van der Waals surface area (Å²) in [5.41, 5.74) is 0. The van der Waals surface area contributed by atoms with Crippen molar-refractivity contribution in [1.29, 1.82) is 0 Å². The summed E-state index contributed by atoms with van der Waals surface area (Å²) in [5.74, 6) is -1.56. The topological polar surface area (TPSA) is 57.5 Å². The summed E-state index contributed by atoms with van der Waals surface area (Å²) in [4.78, 5) is 10.3. The Morgan fingerprint density at radius 1 is 1.55 bits per heavy atom. The third kappa shape index (κ3) is 3.98. The van der Waals surface area contributed by atoms with Gasteiger partial charge in [-0.2, -0.15) is 0 Å². The Morgan fingerprint density at radius 2 is 2.09 bits per heavy atom. The molecular weight excluding hydrogens is 144 g/mol. The van der Waals surface area contributed by atoms with Crippen LogP contribution in [0, 0.1) is 5.92 Å². The maximum atomic E-state index is 10.3. The minimum absolute atomic E-state index is 0.587. The number of aliphatic hydroxyl groups is 1. The van der Waals surface area contributed by atoms with E-state index in [4.69, 9.17) is 5.11 Å². The Hall–Kier alpha value is -0.570. The zero-order chi connectivity index (χ0) is 8.85. The Balaban J connectivity index is 3.63. The van der Waals surface area contributed by atoms with Gasteiger partial charge in [-0.1, -0.05) is 19.8 Å². The van der Waals surface area contributed by atoms with Crippen LogP contribution in [0.3, 0.4) is 0 Å². The minimum Gasteiger partial charge on any atom is -0.481 e. The first-order valence-electron chi connectivity index (χ1n) is 4.00. The number of carbonyl (C=O) groups is 1. The maximum absolute atomic E-state index is 10.3. The molecule has 0 aromatic rings. The van der Waals surface area contributed by atoms with Crippen molar-refractivity contribution in [1.82, 2.24) is 0 Å². The van der Waals surface area contributed by atoms with Crippen molar-refractivity contribution in [2.24, 2.45) is 5.92 Å². The van der Waals surface area contributed by atoms with Gasteiger partial charge in [0.1, 0.15) is 0 Å². The first-order valence-corrected chi connectivity index (χ1v) is 4.00. The Kier molecular flexibility index (Phi) is 4.86. The molecule has 0 saturated carbocycles. The highest BCUT2D eigenvalue weighted by molar-refractivity contribution is 5.70. The van der Waals surface area contributed by atoms with Gasteiger partial charge in [-0.25, -0.2) is 0 Å². The first kappa shape index (κ1) is 10.4. The average Bonchev–Trinajstić information content (AvgIpc) is 1.98. The maximum Gasteiger partial charge on any atom is 0.308 e. The van der Waals surface area contributed by atoms with Crippen LogP contribution in [-0.4, -0.2) is 22.3 Å². The van der Waals surface area contributed by atoms with Crippen molar-refractivity contribution < 1.29 is 15.0 Å². The van der Waals surface area contributed by atoms with Crippen molar-refractivity contribution in [2.75, 3.05) is 0 Å². The minimum atomic E-state index is -0.923. The molecular formula is C8H16O3. The molecule has 66 valence electrons. The molecule has 3 heteroatoms. The van der Waals surface area contributed by atoms with E-state index in [1.54, 1.807) is 0 Å². The third-order valence-electron chi connectivity index (χ3n) is 1.82. The molecule has 0 unspecified atom stereocenters. The Labute approximate surface area is 67.0 Å². The fourth-order valence-electron chi connectivity index (χ4n) is 0.828. The fraction of sp³-hybridized carbons (Fsp3) is 0.875. The quantitative estimate of drug-likeness (QED) is 0.636. The number of carboxylic acid groups (broad SMARTS) is 1. The zero-order valence-electron chi connectivity index (χ0n) is 7.08. The van der Waals surface area contributed by atoms with E-state index in [1.165, 1.54) is 6.92 Å². The summed E-state index contributed by atoms with van der Waals surface area (Å²) in [6.45, 7) is 3.54. The van der Waals surface area contributed by atoms with E-state index in [-0.39, 0.29) is 0 Å². The Morgan fingerprint density at radius 3 is 2.45 bits per heavy atom. The molecule has 0 aliphatic heterocycles. The zero-order valence-corrected chi connectivity index (χ0v) is 7.08. The summed E-state index contributed by atoms with van der Waals surface area (Å²) in [6.07, 6.45) is 1.78. The van der Waals surface area contributed by atoms with Crippen molar-refractivity contribution >= 4 is 5.97 Å². The molecule has 2 atom stereocenters. The van der Waals surface area contributed by atoms with Gasteiger partial charge in [0.25, 0.3) is 0 Å². The largest absolute Gasteiger partial charge is 0.481 e. The predicted molar refractivity (Wildman–Crippen MR) is 42.3 cm³/mol. The normalized spacial score (nSPS) is 15.9. The van der Waals surface area contributed by atoms with E-state index in [9.17, 15) is 9.90 Å². The van der Waals surface area contributed by atoms with Crippen LogP contribution in [0.5, 0.6) is 0 Å². The lowest BCUT2D eigenvalue weighted by molar-refractivity contribution is -0.144. The van der Waals surface area contributed by atoms with E-state index in [1.807, 2.05) is 6.92 Å². The van der Waals surface area contributed by atoms with E-state index in [0.29, 0.717) is 6.42 Å². The molecule has 2 N–H and O–H groups in total. The monoisotopic (exact) mass is 160 g/mol. The summed E-state index contributed by atoms with van der Waals surface area (Å²) >= 11 is 0. The SMILES string of the molecule is CCCC[C@H](O)[C@H](C)C(=O)O. The van der Waals surface area contributed by atoms with E-state index >= 15 is 0 Å². The molecule has 0 fully saturated rings. The lowest BCUT2D eigenvalue weighted by Gasteiger charge is -2.13. The van der Waals surface area contributed by atoms with Crippen LogP contribution in [0.25, 0.3) is 0 Å². The highest BCUT2D eigenvalue weighted by Gasteiger charge is 2.19. The summed E-state index contributed by atoms with van der Waals surface area (Å²) in [7, 11) is 0. The van der Waals surface area contributed by atoms with Crippen LogP contribution in [-0.2, 0) is 4.79 Å². The summed E-state index contributed by atoms with van der Waals surface area (Å²) < 4.78 is 0. The number of aliphatic hydroxyl groups excluding tert-OH is 1. The molecule has 0 amide bonds. The van der Waals surface area contributed by atoms with Crippen LogP contribution in [0.2, 0.25) is 0 Å². The van der Waals surface area contributed by atoms with Crippen LogP contribution in [0.1, 0.15) is 33.1 Å². The number of hydrogen-bond acceptors (Lipinski definition) is 2. The molecule has 0 bridgehead atoms. The summed E-state index contributed by atoms with van der Waals surface area (Å²) in [6, 6.07) is 0. The van der Waals surface area contributed by atoms with Gasteiger partial charge in [-0.15, -0.1) is 0 Å². The smallest absolute Gasteiger partial charge is 0.308 e. The number of rotatable bonds is 5. The first-order chi connectivity index (χ1) is 5.09. The molecule has 0 saturated heterocycles.